The highest BCUT2D eigenvalue weighted by molar-refractivity contribution is 6.35. The summed E-state index contributed by atoms with van der Waals surface area (Å²) in [5.74, 6) is -0.160. The number of aryl methyl sites for hydroxylation is 1. The lowest BCUT2D eigenvalue weighted by Crippen LogP contribution is -2.19. The van der Waals surface area contributed by atoms with E-state index in [0.717, 1.165) is 28.2 Å². The van der Waals surface area contributed by atoms with Crippen molar-refractivity contribution in [2.24, 2.45) is 5.10 Å². The maximum Gasteiger partial charge on any atom is 0.244 e. The summed E-state index contributed by atoms with van der Waals surface area (Å²) in [6.45, 7) is 3.97. The summed E-state index contributed by atoms with van der Waals surface area (Å²) in [5, 5.41) is 5.26. The summed E-state index contributed by atoms with van der Waals surface area (Å²) >= 11 is 12.3. The summed E-state index contributed by atoms with van der Waals surface area (Å²) in [6, 6.07) is 16.9. The molecule has 0 saturated heterocycles. The van der Waals surface area contributed by atoms with E-state index >= 15 is 0 Å². The minimum Gasteiger partial charge on any atom is -0.316 e. The van der Waals surface area contributed by atoms with E-state index in [2.05, 4.69) is 10.5 Å². The normalized spacial score (nSPS) is 11.1. The van der Waals surface area contributed by atoms with Crippen LogP contribution < -0.4 is 5.43 Å². The molecule has 1 aromatic heterocycles. The third-order valence-corrected chi connectivity index (χ3v) is 4.76. The first-order chi connectivity index (χ1) is 13.0. The fourth-order valence-corrected chi connectivity index (χ4v) is 3.44. The van der Waals surface area contributed by atoms with E-state index in [9.17, 15) is 4.79 Å². The van der Waals surface area contributed by atoms with Gasteiger partial charge in [0.15, 0.2) is 0 Å². The van der Waals surface area contributed by atoms with Crippen LogP contribution in [-0.2, 0) is 11.2 Å². The van der Waals surface area contributed by atoms with Gasteiger partial charge >= 0.3 is 0 Å². The third kappa shape index (κ3) is 4.59. The Hall–Kier alpha value is -2.56. The van der Waals surface area contributed by atoms with Gasteiger partial charge in [-0.25, -0.2) is 5.43 Å². The fraction of sp³-hybridized carbons (Fsp3) is 0.143. The zero-order chi connectivity index (χ0) is 19.4. The number of carbonyl (C=O) groups is 1. The lowest BCUT2D eigenvalue weighted by atomic mass is 10.1. The van der Waals surface area contributed by atoms with E-state index in [1.165, 1.54) is 0 Å². The summed E-state index contributed by atoms with van der Waals surface area (Å²) in [5.41, 5.74) is 7.25. The van der Waals surface area contributed by atoms with Gasteiger partial charge in [0.05, 0.1) is 23.3 Å². The molecule has 6 heteroatoms. The maximum atomic E-state index is 12.0. The van der Waals surface area contributed by atoms with Crippen molar-refractivity contribution in [3.05, 3.63) is 87.2 Å². The van der Waals surface area contributed by atoms with Gasteiger partial charge in [-0.05, 0) is 43.7 Å². The van der Waals surface area contributed by atoms with Gasteiger partial charge in [0.25, 0.3) is 0 Å². The molecule has 1 heterocycles. The molecule has 0 spiro atoms. The highest BCUT2D eigenvalue weighted by Crippen LogP contribution is 2.28. The van der Waals surface area contributed by atoms with Crippen molar-refractivity contribution in [1.29, 1.82) is 0 Å². The highest BCUT2D eigenvalue weighted by Gasteiger charge is 2.12. The number of hydrogen-bond donors (Lipinski definition) is 1. The molecule has 0 bridgehead atoms. The lowest BCUT2D eigenvalue weighted by molar-refractivity contribution is -0.120. The average molecular weight is 400 g/mol. The predicted molar refractivity (Wildman–Crippen MR) is 111 cm³/mol. The summed E-state index contributed by atoms with van der Waals surface area (Å²) in [6.07, 6.45) is 1.93. The number of nitrogens with one attached hydrogen (secondary N) is 1. The molecular weight excluding hydrogens is 381 g/mol. The zero-order valence-corrected chi connectivity index (χ0v) is 16.6. The van der Waals surface area contributed by atoms with Crippen molar-refractivity contribution in [3.63, 3.8) is 0 Å². The third-order valence-electron chi connectivity index (χ3n) is 4.22. The number of nitrogens with zero attached hydrogens (tertiary/aromatic N) is 2. The Kier molecular flexibility index (Phi) is 5.99. The highest BCUT2D eigenvalue weighted by atomic mass is 35.5. The molecule has 2 aromatic carbocycles. The van der Waals surface area contributed by atoms with Crippen molar-refractivity contribution < 1.29 is 4.79 Å². The molecule has 0 unspecified atom stereocenters. The molecule has 3 aromatic rings. The second-order valence-corrected chi connectivity index (χ2v) is 7.06. The first-order valence-electron chi connectivity index (χ1n) is 8.46. The van der Waals surface area contributed by atoms with Crippen LogP contribution in [-0.4, -0.2) is 16.7 Å². The number of hydrazone groups is 1. The number of amides is 1. The van der Waals surface area contributed by atoms with Crippen LogP contribution in [0.15, 0.2) is 59.7 Å². The lowest BCUT2D eigenvalue weighted by Gasteiger charge is -2.11. The van der Waals surface area contributed by atoms with Crippen molar-refractivity contribution in [2.75, 3.05) is 0 Å². The molecule has 1 N–H and O–H groups in total. The molecule has 27 heavy (non-hydrogen) atoms. The Labute approximate surface area is 168 Å². The van der Waals surface area contributed by atoms with Crippen molar-refractivity contribution in [2.45, 2.75) is 20.3 Å². The monoisotopic (exact) mass is 399 g/mol. The predicted octanol–water partition coefficient (Wildman–Crippen LogP) is 5.09. The molecule has 0 aliphatic rings. The van der Waals surface area contributed by atoms with Crippen LogP contribution >= 0.6 is 23.2 Å². The maximum absolute atomic E-state index is 12.0. The number of carbonyl (C=O) groups excluding carboxylic acids is 1. The SMILES string of the molecule is Cc1cc(/C=N\NC(=O)Cc2ccccc2)c(C)n1-c1ccc(Cl)cc1Cl. The fourth-order valence-electron chi connectivity index (χ4n) is 2.95. The van der Waals surface area contributed by atoms with Gasteiger partial charge in [0.2, 0.25) is 5.91 Å². The van der Waals surface area contributed by atoms with Crippen LogP contribution in [0, 0.1) is 13.8 Å². The molecule has 3 rings (SSSR count). The van der Waals surface area contributed by atoms with Crippen molar-refractivity contribution in [1.82, 2.24) is 9.99 Å². The van der Waals surface area contributed by atoms with Gasteiger partial charge in [-0.1, -0.05) is 53.5 Å². The van der Waals surface area contributed by atoms with Gasteiger partial charge in [-0.15, -0.1) is 0 Å². The summed E-state index contributed by atoms with van der Waals surface area (Å²) in [4.78, 5) is 12.0. The molecule has 0 fully saturated rings. The Morgan fingerprint density at radius 1 is 1.11 bits per heavy atom. The summed E-state index contributed by atoms with van der Waals surface area (Å²) < 4.78 is 2.03. The number of aromatic nitrogens is 1. The Morgan fingerprint density at radius 2 is 1.85 bits per heavy atom. The van der Waals surface area contributed by atoms with Gasteiger partial charge in [0, 0.05) is 22.0 Å². The summed E-state index contributed by atoms with van der Waals surface area (Å²) in [7, 11) is 0. The average Bonchev–Trinajstić information content (AvgIpc) is 2.90. The second-order valence-electron chi connectivity index (χ2n) is 6.21. The largest absolute Gasteiger partial charge is 0.316 e. The number of benzene rings is 2. The minimum absolute atomic E-state index is 0.160. The van der Waals surface area contributed by atoms with E-state index in [1.807, 2.05) is 60.9 Å². The molecule has 0 aliphatic carbocycles. The molecule has 0 radical (unpaired) electrons. The molecular formula is C21H19Cl2N3O. The molecule has 0 atom stereocenters. The first kappa shape index (κ1) is 19.2. The quantitative estimate of drug-likeness (QED) is 0.471. The van der Waals surface area contributed by atoms with Crippen LogP contribution in [0.3, 0.4) is 0 Å². The second kappa shape index (κ2) is 8.42. The van der Waals surface area contributed by atoms with Gasteiger partial charge < -0.3 is 4.57 Å². The minimum atomic E-state index is -0.160. The van der Waals surface area contributed by atoms with Crippen molar-refractivity contribution in [3.8, 4) is 5.69 Å². The van der Waals surface area contributed by atoms with E-state index in [-0.39, 0.29) is 12.3 Å². The van der Waals surface area contributed by atoms with Gasteiger partial charge in [-0.3, -0.25) is 4.79 Å². The van der Waals surface area contributed by atoms with Crippen LogP contribution in [0.4, 0.5) is 0 Å². The van der Waals surface area contributed by atoms with E-state index < -0.39 is 0 Å². The van der Waals surface area contributed by atoms with Crippen LogP contribution in [0.1, 0.15) is 22.5 Å². The van der Waals surface area contributed by atoms with Crippen LogP contribution in [0.2, 0.25) is 10.0 Å². The van der Waals surface area contributed by atoms with Crippen LogP contribution in [0.5, 0.6) is 0 Å². The molecule has 4 nitrogen and oxygen atoms in total. The topological polar surface area (TPSA) is 46.4 Å². The zero-order valence-electron chi connectivity index (χ0n) is 15.0. The number of halogens is 2. The standard InChI is InChI=1S/C21H19Cl2N3O/c1-14-10-17(13-24-25-21(27)11-16-6-4-3-5-7-16)15(2)26(14)20-9-8-18(22)12-19(20)23/h3-10,12-13H,11H2,1-2H3,(H,25,27)/b24-13-. The first-order valence-corrected chi connectivity index (χ1v) is 9.21. The smallest absolute Gasteiger partial charge is 0.244 e. The van der Waals surface area contributed by atoms with Gasteiger partial charge in [-0.2, -0.15) is 5.10 Å². The van der Waals surface area contributed by atoms with Gasteiger partial charge in [0.1, 0.15) is 0 Å². The Morgan fingerprint density at radius 3 is 2.56 bits per heavy atom. The van der Waals surface area contributed by atoms with E-state index in [1.54, 1.807) is 18.3 Å². The molecule has 0 saturated carbocycles. The van der Waals surface area contributed by atoms with E-state index in [0.29, 0.717) is 10.0 Å². The number of hydrogen-bond acceptors (Lipinski definition) is 2. The molecule has 138 valence electrons. The molecule has 1 amide bonds. The Balaban J connectivity index is 1.74. The van der Waals surface area contributed by atoms with Crippen LogP contribution in [0.25, 0.3) is 5.69 Å². The molecule has 0 aliphatic heterocycles. The van der Waals surface area contributed by atoms with Crippen molar-refractivity contribution >= 4 is 35.3 Å². The van der Waals surface area contributed by atoms with E-state index in [4.69, 9.17) is 23.2 Å². The number of rotatable bonds is 5. The Bertz CT molecular complexity index is 994.